The maximum atomic E-state index is 12.1. The summed E-state index contributed by atoms with van der Waals surface area (Å²) in [4.78, 5) is 12.1. The highest BCUT2D eigenvalue weighted by Crippen LogP contribution is 2.66. The van der Waals surface area contributed by atoms with E-state index in [1.165, 1.54) is 5.56 Å². The van der Waals surface area contributed by atoms with Crippen molar-refractivity contribution in [3.05, 3.63) is 23.7 Å². The van der Waals surface area contributed by atoms with Crippen LogP contribution in [-0.4, -0.2) is 21.8 Å². The number of rotatable bonds is 1. The highest BCUT2D eigenvalue weighted by molar-refractivity contribution is 5.76. The van der Waals surface area contributed by atoms with Gasteiger partial charge in [-0.25, -0.2) is 0 Å². The predicted octanol–water partition coefficient (Wildman–Crippen LogP) is 3.98. The van der Waals surface area contributed by atoms with E-state index in [0.717, 1.165) is 31.4 Å². The molecule has 2 saturated carbocycles. The molecule has 3 aliphatic carbocycles. The zero-order valence-electron chi connectivity index (χ0n) is 14.8. The Morgan fingerprint density at radius 1 is 1.29 bits per heavy atom. The molecule has 2 fully saturated rings. The van der Waals surface area contributed by atoms with Crippen LogP contribution in [0.5, 0.6) is 0 Å². The first-order valence-corrected chi connectivity index (χ1v) is 9.27. The molecule has 1 heterocycles. The van der Waals surface area contributed by atoms with Crippen molar-refractivity contribution in [2.75, 3.05) is 0 Å². The van der Waals surface area contributed by atoms with Gasteiger partial charge in [-0.3, -0.25) is 4.79 Å². The lowest BCUT2D eigenvalue weighted by atomic mass is 9.41. The van der Waals surface area contributed by atoms with Gasteiger partial charge < -0.3 is 14.6 Å². The van der Waals surface area contributed by atoms with Crippen molar-refractivity contribution in [1.29, 1.82) is 0 Å². The number of furan rings is 1. The molecule has 0 spiro atoms. The van der Waals surface area contributed by atoms with Gasteiger partial charge in [-0.1, -0.05) is 20.3 Å². The van der Waals surface area contributed by atoms with Crippen LogP contribution in [0.15, 0.2) is 16.7 Å². The van der Waals surface area contributed by atoms with E-state index in [0.29, 0.717) is 24.7 Å². The molecule has 0 unspecified atom stereocenters. The molecule has 0 radical (unpaired) electrons. The van der Waals surface area contributed by atoms with Gasteiger partial charge in [0.15, 0.2) is 0 Å². The number of hydrogen-bond donors (Lipinski definition) is 2. The highest BCUT2D eigenvalue weighted by atomic mass is 16.4. The SMILES string of the molecule is C[C@H]1c2ccoc2C[C@H]2[C@H]1CC[C@@]1(O)[C@@](C)(C(=O)O)CCC[C@]21C. The molecule has 1 aromatic rings. The summed E-state index contributed by atoms with van der Waals surface area (Å²) in [6.07, 6.45) is 6.41. The first kappa shape index (κ1) is 16.2. The van der Waals surface area contributed by atoms with E-state index in [4.69, 9.17) is 4.42 Å². The molecule has 0 aromatic carbocycles. The third-order valence-electron chi connectivity index (χ3n) is 8.20. The lowest BCUT2D eigenvalue weighted by Crippen LogP contribution is -2.69. The average molecular weight is 332 g/mol. The van der Waals surface area contributed by atoms with Gasteiger partial charge in [0.2, 0.25) is 0 Å². The van der Waals surface area contributed by atoms with E-state index in [2.05, 4.69) is 19.9 Å². The molecule has 2 N–H and O–H groups in total. The summed E-state index contributed by atoms with van der Waals surface area (Å²) in [6.45, 7) is 6.17. The van der Waals surface area contributed by atoms with E-state index in [1.807, 2.05) is 0 Å². The topological polar surface area (TPSA) is 70.7 Å². The fourth-order valence-corrected chi connectivity index (χ4v) is 6.57. The van der Waals surface area contributed by atoms with Crippen molar-refractivity contribution in [3.63, 3.8) is 0 Å². The maximum absolute atomic E-state index is 12.1. The summed E-state index contributed by atoms with van der Waals surface area (Å²) in [5, 5.41) is 21.7. The fourth-order valence-electron chi connectivity index (χ4n) is 6.57. The zero-order chi connectivity index (χ0) is 17.3. The normalized spacial score (nSPS) is 47.4. The van der Waals surface area contributed by atoms with Crippen LogP contribution in [0.3, 0.4) is 0 Å². The van der Waals surface area contributed by atoms with Gasteiger partial charge in [0.05, 0.1) is 17.3 Å². The van der Waals surface area contributed by atoms with Gasteiger partial charge in [-0.15, -0.1) is 0 Å². The predicted molar refractivity (Wildman–Crippen MR) is 89.7 cm³/mol. The monoisotopic (exact) mass is 332 g/mol. The molecule has 0 bridgehead atoms. The molecule has 132 valence electrons. The van der Waals surface area contributed by atoms with Crippen LogP contribution in [0.25, 0.3) is 0 Å². The second-order valence-corrected chi connectivity index (χ2v) is 8.87. The van der Waals surface area contributed by atoms with Crippen LogP contribution in [0.2, 0.25) is 0 Å². The van der Waals surface area contributed by atoms with Crippen LogP contribution in [0.1, 0.15) is 70.1 Å². The van der Waals surface area contributed by atoms with Crippen LogP contribution < -0.4 is 0 Å². The Labute approximate surface area is 143 Å². The van der Waals surface area contributed by atoms with Crippen molar-refractivity contribution in [2.45, 2.75) is 70.8 Å². The minimum Gasteiger partial charge on any atom is -0.481 e. The number of hydrogen-bond acceptors (Lipinski definition) is 3. The van der Waals surface area contributed by atoms with E-state index < -0.39 is 17.0 Å². The lowest BCUT2D eigenvalue weighted by Gasteiger charge is -2.65. The second-order valence-electron chi connectivity index (χ2n) is 8.87. The highest BCUT2D eigenvalue weighted by Gasteiger charge is 2.68. The smallest absolute Gasteiger partial charge is 0.312 e. The summed E-state index contributed by atoms with van der Waals surface area (Å²) in [6, 6.07) is 2.08. The molecular weight excluding hydrogens is 304 g/mol. The molecule has 0 aliphatic heterocycles. The average Bonchev–Trinajstić information content (AvgIpc) is 2.99. The number of carbonyl (C=O) groups is 1. The molecule has 1 aromatic heterocycles. The Hall–Kier alpha value is -1.29. The largest absolute Gasteiger partial charge is 0.481 e. The van der Waals surface area contributed by atoms with E-state index >= 15 is 0 Å². The van der Waals surface area contributed by atoms with Gasteiger partial charge in [-0.05, 0) is 62.0 Å². The van der Waals surface area contributed by atoms with Gasteiger partial charge in [-0.2, -0.15) is 0 Å². The standard InChI is InChI=1S/C20H28O4/c1-12-13-5-9-20(23)18(2,7-4-8-19(20,3)17(21)22)15(13)11-16-14(12)6-10-24-16/h6,10,12-13,15,23H,4-5,7-9,11H2,1-3H3,(H,21,22)/t12-,13+,15+,18-,19-,20+/m1/s1. The third kappa shape index (κ3) is 1.70. The van der Waals surface area contributed by atoms with E-state index in [9.17, 15) is 15.0 Å². The molecule has 24 heavy (non-hydrogen) atoms. The summed E-state index contributed by atoms with van der Waals surface area (Å²) >= 11 is 0. The minimum absolute atomic E-state index is 0.281. The Kier molecular flexibility index (Phi) is 3.29. The molecule has 3 aliphatic rings. The molecule has 6 atom stereocenters. The number of aliphatic hydroxyl groups is 1. The molecule has 0 saturated heterocycles. The zero-order valence-corrected chi connectivity index (χ0v) is 14.8. The minimum atomic E-state index is -1.14. The van der Waals surface area contributed by atoms with Crippen molar-refractivity contribution in [3.8, 4) is 0 Å². The summed E-state index contributed by atoms with van der Waals surface area (Å²) in [5.74, 6) is 1.38. The van der Waals surface area contributed by atoms with Gasteiger partial charge >= 0.3 is 5.97 Å². The molecule has 4 nitrogen and oxygen atoms in total. The van der Waals surface area contributed by atoms with Crippen LogP contribution in [-0.2, 0) is 11.2 Å². The van der Waals surface area contributed by atoms with Crippen molar-refractivity contribution < 1.29 is 19.4 Å². The van der Waals surface area contributed by atoms with Gasteiger partial charge in [0, 0.05) is 11.8 Å². The van der Waals surface area contributed by atoms with E-state index in [1.54, 1.807) is 13.2 Å². The van der Waals surface area contributed by atoms with Gasteiger partial charge in [0.25, 0.3) is 0 Å². The maximum Gasteiger partial charge on any atom is 0.312 e. The van der Waals surface area contributed by atoms with Crippen molar-refractivity contribution in [2.24, 2.45) is 22.7 Å². The number of fused-ring (bicyclic) bond motifs is 4. The summed E-state index contributed by atoms with van der Waals surface area (Å²) in [7, 11) is 0. The third-order valence-corrected chi connectivity index (χ3v) is 8.20. The summed E-state index contributed by atoms with van der Waals surface area (Å²) in [5.41, 5.74) is -1.27. The molecule has 0 amide bonds. The first-order chi connectivity index (χ1) is 11.2. The quantitative estimate of drug-likeness (QED) is 0.816. The van der Waals surface area contributed by atoms with Crippen LogP contribution >= 0.6 is 0 Å². The van der Waals surface area contributed by atoms with Crippen LogP contribution in [0, 0.1) is 22.7 Å². The Morgan fingerprint density at radius 3 is 2.75 bits per heavy atom. The number of carboxylic acid groups (broad SMARTS) is 1. The lowest BCUT2D eigenvalue weighted by molar-refractivity contribution is -0.247. The van der Waals surface area contributed by atoms with Gasteiger partial charge in [0.1, 0.15) is 5.76 Å². The number of carboxylic acids is 1. The second kappa shape index (κ2) is 4.87. The summed E-state index contributed by atoms with van der Waals surface area (Å²) < 4.78 is 5.73. The molecular formula is C20H28O4. The molecule has 4 heteroatoms. The Balaban J connectivity index is 1.82. The first-order valence-electron chi connectivity index (χ1n) is 9.27. The Morgan fingerprint density at radius 2 is 2.04 bits per heavy atom. The van der Waals surface area contributed by atoms with E-state index in [-0.39, 0.29) is 11.3 Å². The van der Waals surface area contributed by atoms with Crippen LogP contribution in [0.4, 0.5) is 0 Å². The Bertz CT molecular complexity index is 679. The fraction of sp³-hybridized carbons (Fsp3) is 0.750. The number of aliphatic carboxylic acids is 1. The van der Waals surface area contributed by atoms with Crippen molar-refractivity contribution in [1.82, 2.24) is 0 Å². The van der Waals surface area contributed by atoms with Crippen molar-refractivity contribution >= 4 is 5.97 Å². The molecule has 4 rings (SSSR count).